The highest BCUT2D eigenvalue weighted by Crippen LogP contribution is 2.33. The number of benzene rings is 2. The van der Waals surface area contributed by atoms with Gasteiger partial charge in [0.05, 0.1) is 31.4 Å². The number of aromatic nitrogens is 1. The lowest BCUT2D eigenvalue weighted by atomic mass is 9.93. The number of ether oxygens (including phenoxy) is 1. The largest absolute Gasteiger partial charge is 0.493 e. The van der Waals surface area contributed by atoms with Crippen LogP contribution in [0.25, 0.3) is 21.3 Å². The van der Waals surface area contributed by atoms with E-state index in [0.29, 0.717) is 17.9 Å². The van der Waals surface area contributed by atoms with Crippen molar-refractivity contribution in [2.24, 2.45) is 0 Å². The van der Waals surface area contributed by atoms with Gasteiger partial charge < -0.3 is 25.3 Å². The Balaban J connectivity index is 1.62. The van der Waals surface area contributed by atoms with Gasteiger partial charge in [-0.2, -0.15) is 0 Å². The van der Waals surface area contributed by atoms with E-state index in [1.54, 1.807) is 0 Å². The molecule has 1 unspecified atom stereocenters. The van der Waals surface area contributed by atoms with E-state index in [4.69, 9.17) is 4.74 Å². The Morgan fingerprint density at radius 3 is 2.71 bits per heavy atom. The van der Waals surface area contributed by atoms with Crippen LogP contribution in [0.2, 0.25) is 0 Å². The Hall–Kier alpha value is -3.13. The fourth-order valence-corrected chi connectivity index (χ4v) is 4.94. The monoisotopic (exact) mass is 478 g/mol. The predicted octanol–water partition coefficient (Wildman–Crippen LogP) is 5.07. The zero-order chi connectivity index (χ0) is 24.1. The lowest BCUT2D eigenvalue weighted by Crippen LogP contribution is -2.41. The van der Waals surface area contributed by atoms with Crippen LogP contribution in [0.3, 0.4) is 0 Å². The summed E-state index contributed by atoms with van der Waals surface area (Å²) in [6.45, 7) is 4.31. The van der Waals surface area contributed by atoms with E-state index in [0.717, 1.165) is 38.2 Å². The van der Waals surface area contributed by atoms with Gasteiger partial charge >= 0.3 is 0 Å². The number of H-pyrrole nitrogens is 1. The molecular weight excluding hydrogens is 448 g/mol. The minimum atomic E-state index is -0.475. The number of nitrogens with one attached hydrogen (secondary N) is 2. The van der Waals surface area contributed by atoms with Crippen LogP contribution in [0.4, 0.5) is 0 Å². The molecule has 0 fully saturated rings. The quantitative estimate of drug-likeness (QED) is 0.256. The predicted molar refractivity (Wildman–Crippen MR) is 137 cm³/mol. The van der Waals surface area contributed by atoms with Gasteiger partial charge in [-0.05, 0) is 53.9 Å². The first-order valence-electron chi connectivity index (χ1n) is 11.5. The first-order chi connectivity index (χ1) is 16.5. The summed E-state index contributed by atoms with van der Waals surface area (Å²) in [6.07, 6.45) is 2.76. The molecule has 1 amide bonds. The molecule has 7 heteroatoms. The third-order valence-corrected chi connectivity index (χ3v) is 7.14. The Bertz CT molecular complexity index is 1260. The van der Waals surface area contributed by atoms with Gasteiger partial charge in [0.2, 0.25) is 0 Å². The molecule has 4 N–H and O–H groups in total. The normalized spacial score (nSPS) is 13.1. The molecule has 0 spiro atoms. The van der Waals surface area contributed by atoms with E-state index in [1.165, 1.54) is 11.3 Å². The van der Waals surface area contributed by atoms with Crippen LogP contribution in [0.15, 0.2) is 60.8 Å². The fraction of sp³-hybridized carbons (Fsp3) is 0.296. The summed E-state index contributed by atoms with van der Waals surface area (Å²) in [4.78, 5) is 18.5. The first-order valence-corrected chi connectivity index (χ1v) is 12.3. The molecule has 0 saturated carbocycles. The molecule has 2 atom stereocenters. The molecule has 2 heterocycles. The molecule has 0 aliphatic carbocycles. The number of para-hydroxylation sites is 1. The van der Waals surface area contributed by atoms with Crippen molar-refractivity contribution in [3.05, 3.63) is 76.8 Å². The van der Waals surface area contributed by atoms with E-state index in [1.807, 2.05) is 74.6 Å². The van der Waals surface area contributed by atoms with Gasteiger partial charge in [-0.1, -0.05) is 32.0 Å². The number of carbonyl (C=O) groups excluding carboxylic acids is 1. The molecule has 178 valence electrons. The van der Waals surface area contributed by atoms with Crippen molar-refractivity contribution in [2.45, 2.75) is 38.8 Å². The smallest absolute Gasteiger partial charge is 0.255 e. The molecule has 6 nitrogen and oxygen atoms in total. The highest BCUT2D eigenvalue weighted by atomic mass is 32.1. The number of thiophene rings is 1. The lowest BCUT2D eigenvalue weighted by Gasteiger charge is -2.24. The van der Waals surface area contributed by atoms with Gasteiger partial charge in [0.1, 0.15) is 5.75 Å². The number of amides is 1. The number of aromatic amines is 1. The molecule has 34 heavy (non-hydrogen) atoms. The summed E-state index contributed by atoms with van der Waals surface area (Å²) in [6, 6.07) is 16.9. The van der Waals surface area contributed by atoms with Gasteiger partial charge in [-0.15, -0.1) is 11.3 Å². The fourth-order valence-electron chi connectivity index (χ4n) is 4.08. The summed E-state index contributed by atoms with van der Waals surface area (Å²) in [5, 5.41) is 23.7. The van der Waals surface area contributed by atoms with Crippen molar-refractivity contribution < 1.29 is 19.7 Å². The van der Waals surface area contributed by atoms with Crippen LogP contribution in [0.1, 0.15) is 47.0 Å². The van der Waals surface area contributed by atoms with Gasteiger partial charge in [-0.3, -0.25) is 4.79 Å². The second kappa shape index (κ2) is 10.9. The van der Waals surface area contributed by atoms with Gasteiger partial charge in [0.15, 0.2) is 0 Å². The average Bonchev–Trinajstić information content (AvgIpc) is 3.53. The molecule has 2 aromatic carbocycles. The molecule has 4 rings (SSSR count). The SMILES string of the molecule is CCCOc1ccc(-c2ccc(CO)s2)cc1C(=O)N[C@@H](CO)C(C)c1c[nH]c2ccccc12. The van der Waals surface area contributed by atoms with Crippen LogP contribution >= 0.6 is 11.3 Å². The summed E-state index contributed by atoms with van der Waals surface area (Å²) >= 11 is 1.49. The van der Waals surface area contributed by atoms with E-state index in [2.05, 4.69) is 10.3 Å². The van der Waals surface area contributed by atoms with Crippen LogP contribution in [0, 0.1) is 0 Å². The number of fused-ring (bicyclic) bond motifs is 1. The number of aliphatic hydroxyl groups is 2. The van der Waals surface area contributed by atoms with Crippen LogP contribution in [-0.2, 0) is 6.61 Å². The summed E-state index contributed by atoms with van der Waals surface area (Å²) in [7, 11) is 0. The highest BCUT2D eigenvalue weighted by Gasteiger charge is 2.25. The van der Waals surface area contributed by atoms with Crippen LogP contribution in [0.5, 0.6) is 5.75 Å². The van der Waals surface area contributed by atoms with E-state index < -0.39 is 6.04 Å². The highest BCUT2D eigenvalue weighted by molar-refractivity contribution is 7.15. The third-order valence-electron chi connectivity index (χ3n) is 6.02. The second-order valence-corrected chi connectivity index (χ2v) is 9.49. The van der Waals surface area contributed by atoms with Crippen molar-refractivity contribution >= 4 is 28.1 Å². The molecule has 0 aliphatic heterocycles. The maximum atomic E-state index is 13.4. The Labute approximate surface area is 203 Å². The molecule has 0 aliphatic rings. The van der Waals surface area contributed by atoms with Crippen molar-refractivity contribution in [3.63, 3.8) is 0 Å². The number of carbonyl (C=O) groups is 1. The van der Waals surface area contributed by atoms with Crippen molar-refractivity contribution in [2.75, 3.05) is 13.2 Å². The van der Waals surface area contributed by atoms with Gasteiger partial charge in [0, 0.05) is 32.8 Å². The molecule has 0 saturated heterocycles. The standard InChI is InChI=1S/C27H30N2O4S/c1-3-12-33-25-10-8-18(26-11-9-19(15-30)34-26)13-21(25)27(32)29-24(16-31)17(2)22-14-28-23-7-5-4-6-20(22)23/h4-11,13-14,17,24,28,30-31H,3,12,15-16H2,1-2H3,(H,29,32)/t17?,24-/m0/s1. The number of hydrogen-bond acceptors (Lipinski definition) is 5. The summed E-state index contributed by atoms with van der Waals surface area (Å²) in [5.74, 6) is 0.105. The summed E-state index contributed by atoms with van der Waals surface area (Å²) < 4.78 is 5.87. The number of aliphatic hydroxyl groups excluding tert-OH is 2. The van der Waals surface area contributed by atoms with Crippen LogP contribution < -0.4 is 10.1 Å². The van der Waals surface area contributed by atoms with E-state index >= 15 is 0 Å². The Morgan fingerprint density at radius 2 is 1.97 bits per heavy atom. The van der Waals surface area contributed by atoms with Crippen molar-refractivity contribution in [1.82, 2.24) is 10.3 Å². The molecule has 2 aromatic heterocycles. The minimum Gasteiger partial charge on any atom is -0.493 e. The second-order valence-electron chi connectivity index (χ2n) is 8.32. The average molecular weight is 479 g/mol. The maximum absolute atomic E-state index is 13.4. The lowest BCUT2D eigenvalue weighted by molar-refractivity contribution is 0.0903. The van der Waals surface area contributed by atoms with Gasteiger partial charge in [-0.25, -0.2) is 0 Å². The molecule has 4 aromatic rings. The summed E-state index contributed by atoms with van der Waals surface area (Å²) in [5.41, 5.74) is 3.37. The Kier molecular flexibility index (Phi) is 7.67. The topological polar surface area (TPSA) is 94.6 Å². The maximum Gasteiger partial charge on any atom is 0.255 e. The number of hydrogen-bond donors (Lipinski definition) is 4. The molecular formula is C27H30N2O4S. The van der Waals surface area contributed by atoms with Crippen molar-refractivity contribution in [1.29, 1.82) is 0 Å². The number of rotatable bonds is 10. The zero-order valence-electron chi connectivity index (χ0n) is 19.4. The van der Waals surface area contributed by atoms with Crippen LogP contribution in [-0.4, -0.2) is 40.4 Å². The third kappa shape index (κ3) is 5.01. The first kappa shape index (κ1) is 24.0. The zero-order valence-corrected chi connectivity index (χ0v) is 20.2. The van der Waals surface area contributed by atoms with E-state index in [-0.39, 0.29) is 25.0 Å². The van der Waals surface area contributed by atoms with E-state index in [9.17, 15) is 15.0 Å². The molecule has 0 radical (unpaired) electrons. The minimum absolute atomic E-state index is 0.0143. The van der Waals surface area contributed by atoms with Gasteiger partial charge in [0.25, 0.3) is 5.91 Å². The Morgan fingerprint density at radius 1 is 1.15 bits per heavy atom. The molecule has 0 bridgehead atoms. The van der Waals surface area contributed by atoms with Crippen molar-refractivity contribution in [3.8, 4) is 16.2 Å².